The Morgan fingerprint density at radius 2 is 1.95 bits per heavy atom. The van der Waals surface area contributed by atoms with Gasteiger partial charge in [-0.2, -0.15) is 0 Å². The Kier molecular flexibility index (Phi) is 4.15. The molecule has 116 valence electrons. The van der Waals surface area contributed by atoms with Crippen LogP contribution < -0.4 is 9.64 Å². The lowest BCUT2D eigenvalue weighted by molar-refractivity contribution is 0.188. The third-order valence-corrected chi connectivity index (χ3v) is 3.75. The number of hydrogen-bond acceptors (Lipinski definition) is 4. The number of aliphatic hydroxyl groups excluding tert-OH is 1. The first kappa shape index (κ1) is 14.7. The summed E-state index contributed by atoms with van der Waals surface area (Å²) < 4.78 is 18.9. The van der Waals surface area contributed by atoms with Crippen molar-refractivity contribution in [3.05, 3.63) is 53.8 Å². The fraction of sp³-hybridized carbons (Fsp3) is 0.294. The number of aliphatic hydroxyl groups is 1. The van der Waals surface area contributed by atoms with Crippen LogP contribution >= 0.6 is 0 Å². The molecular formula is C17H18FNO3. The highest BCUT2D eigenvalue weighted by Gasteiger charge is 2.26. The highest BCUT2D eigenvalue weighted by Crippen LogP contribution is 2.36. The number of nitrogens with zero attached hydrogens (tertiary/aromatic N) is 1. The SMILES string of the molecule is OCCN1CC(Cc2ccc(F)cc2)Oc2cc(O)ccc21. The zero-order valence-electron chi connectivity index (χ0n) is 12.1. The maximum Gasteiger partial charge on any atom is 0.146 e. The average Bonchev–Trinajstić information content (AvgIpc) is 2.49. The Bertz CT molecular complexity index is 645. The molecule has 2 aromatic rings. The van der Waals surface area contributed by atoms with Crippen LogP contribution in [0.4, 0.5) is 10.1 Å². The molecule has 0 saturated carbocycles. The van der Waals surface area contributed by atoms with Gasteiger partial charge < -0.3 is 19.8 Å². The number of anilines is 1. The summed E-state index contributed by atoms with van der Waals surface area (Å²) >= 11 is 0. The first-order valence-electron chi connectivity index (χ1n) is 7.25. The number of aromatic hydroxyl groups is 1. The van der Waals surface area contributed by atoms with E-state index >= 15 is 0 Å². The van der Waals surface area contributed by atoms with Crippen molar-refractivity contribution in [3.63, 3.8) is 0 Å². The van der Waals surface area contributed by atoms with Gasteiger partial charge in [0.05, 0.1) is 18.8 Å². The molecule has 2 aromatic carbocycles. The van der Waals surface area contributed by atoms with E-state index in [2.05, 4.69) is 0 Å². The Morgan fingerprint density at radius 3 is 2.68 bits per heavy atom. The van der Waals surface area contributed by atoms with Crippen molar-refractivity contribution in [2.24, 2.45) is 0 Å². The minimum Gasteiger partial charge on any atom is -0.508 e. The van der Waals surface area contributed by atoms with Gasteiger partial charge in [-0.15, -0.1) is 0 Å². The average molecular weight is 303 g/mol. The zero-order chi connectivity index (χ0) is 15.5. The molecule has 4 nitrogen and oxygen atoms in total. The van der Waals surface area contributed by atoms with Gasteiger partial charge in [0.15, 0.2) is 0 Å². The third-order valence-electron chi connectivity index (χ3n) is 3.75. The van der Waals surface area contributed by atoms with Gasteiger partial charge in [-0.25, -0.2) is 4.39 Å². The Morgan fingerprint density at radius 1 is 1.18 bits per heavy atom. The molecule has 1 atom stereocenters. The lowest BCUT2D eigenvalue weighted by Crippen LogP contribution is -2.42. The predicted molar refractivity (Wildman–Crippen MR) is 81.9 cm³/mol. The molecule has 0 bridgehead atoms. The van der Waals surface area contributed by atoms with Crippen LogP contribution in [0.1, 0.15) is 5.56 Å². The summed E-state index contributed by atoms with van der Waals surface area (Å²) in [7, 11) is 0. The summed E-state index contributed by atoms with van der Waals surface area (Å²) in [5, 5.41) is 18.9. The van der Waals surface area contributed by atoms with E-state index in [0.717, 1.165) is 11.3 Å². The maximum atomic E-state index is 13.0. The van der Waals surface area contributed by atoms with Crippen LogP contribution in [0.3, 0.4) is 0 Å². The second-order valence-electron chi connectivity index (χ2n) is 5.39. The molecule has 2 N–H and O–H groups in total. The van der Waals surface area contributed by atoms with E-state index < -0.39 is 0 Å². The van der Waals surface area contributed by atoms with Crippen LogP contribution in [0.15, 0.2) is 42.5 Å². The van der Waals surface area contributed by atoms with Crippen molar-refractivity contribution in [1.82, 2.24) is 0 Å². The summed E-state index contributed by atoms with van der Waals surface area (Å²) in [6, 6.07) is 11.3. The number of phenolic OH excluding ortho intramolecular Hbond substituents is 1. The van der Waals surface area contributed by atoms with E-state index in [-0.39, 0.29) is 24.3 Å². The van der Waals surface area contributed by atoms with E-state index in [1.54, 1.807) is 30.3 Å². The fourth-order valence-corrected chi connectivity index (χ4v) is 2.74. The quantitative estimate of drug-likeness (QED) is 0.910. The molecule has 5 heteroatoms. The van der Waals surface area contributed by atoms with E-state index in [1.807, 2.05) is 4.90 Å². The Hall–Kier alpha value is -2.27. The molecule has 0 radical (unpaired) electrons. The fourth-order valence-electron chi connectivity index (χ4n) is 2.74. The Balaban J connectivity index is 1.81. The van der Waals surface area contributed by atoms with Crippen LogP contribution in [-0.4, -0.2) is 36.0 Å². The maximum absolute atomic E-state index is 13.0. The highest BCUT2D eigenvalue weighted by molar-refractivity contribution is 5.62. The molecule has 1 heterocycles. The summed E-state index contributed by atoms with van der Waals surface area (Å²) in [5.41, 5.74) is 1.85. The second-order valence-corrected chi connectivity index (χ2v) is 5.39. The van der Waals surface area contributed by atoms with Crippen molar-refractivity contribution >= 4 is 5.69 Å². The summed E-state index contributed by atoms with van der Waals surface area (Å²) in [6.07, 6.45) is 0.517. The molecule has 0 aliphatic carbocycles. The van der Waals surface area contributed by atoms with E-state index in [9.17, 15) is 14.6 Å². The van der Waals surface area contributed by atoms with Gasteiger partial charge in [-0.05, 0) is 29.8 Å². The van der Waals surface area contributed by atoms with Crippen LogP contribution in [0, 0.1) is 5.82 Å². The standard InChI is InChI=1S/C17H18FNO3/c18-13-3-1-12(2-4-13)9-15-11-19(7-8-20)16-6-5-14(21)10-17(16)22-15/h1-6,10,15,20-21H,7-9,11H2. The molecule has 3 rings (SSSR count). The van der Waals surface area contributed by atoms with Crippen LogP contribution in [-0.2, 0) is 6.42 Å². The zero-order valence-corrected chi connectivity index (χ0v) is 12.1. The minimum absolute atomic E-state index is 0.0452. The minimum atomic E-state index is -0.259. The summed E-state index contributed by atoms with van der Waals surface area (Å²) in [5.74, 6) is 0.488. The number of benzene rings is 2. The predicted octanol–water partition coefficient (Wildman–Crippen LogP) is 2.33. The van der Waals surface area contributed by atoms with E-state index in [0.29, 0.717) is 25.3 Å². The summed E-state index contributed by atoms with van der Waals surface area (Å²) in [4.78, 5) is 2.03. The molecule has 0 saturated heterocycles. The largest absolute Gasteiger partial charge is 0.508 e. The normalized spacial score (nSPS) is 17.0. The van der Waals surface area contributed by atoms with Crippen molar-refractivity contribution in [3.8, 4) is 11.5 Å². The Labute approximate surface area is 128 Å². The molecule has 1 aliphatic rings. The van der Waals surface area contributed by atoms with E-state index in [1.165, 1.54) is 12.1 Å². The monoisotopic (exact) mass is 303 g/mol. The molecule has 0 spiro atoms. The first-order valence-corrected chi connectivity index (χ1v) is 7.25. The van der Waals surface area contributed by atoms with Gasteiger partial charge in [0.2, 0.25) is 0 Å². The molecule has 1 unspecified atom stereocenters. The number of rotatable bonds is 4. The number of fused-ring (bicyclic) bond motifs is 1. The number of hydrogen-bond donors (Lipinski definition) is 2. The summed E-state index contributed by atoms with van der Waals surface area (Å²) in [6.45, 7) is 1.18. The molecule has 0 fully saturated rings. The smallest absolute Gasteiger partial charge is 0.146 e. The van der Waals surface area contributed by atoms with Gasteiger partial charge >= 0.3 is 0 Å². The van der Waals surface area contributed by atoms with Crippen molar-refractivity contribution in [2.45, 2.75) is 12.5 Å². The van der Waals surface area contributed by atoms with Crippen LogP contribution in [0.5, 0.6) is 11.5 Å². The van der Waals surface area contributed by atoms with Crippen LogP contribution in [0.25, 0.3) is 0 Å². The number of ether oxygens (including phenoxy) is 1. The second kappa shape index (κ2) is 6.23. The van der Waals surface area contributed by atoms with Gasteiger partial charge in [-0.1, -0.05) is 12.1 Å². The van der Waals surface area contributed by atoms with Crippen molar-refractivity contribution in [2.75, 3.05) is 24.6 Å². The lowest BCUT2D eigenvalue weighted by atomic mass is 10.1. The number of β-amino-alcohol motifs (C(OH)–C–C–N with tert-alkyl or cyclic N) is 1. The van der Waals surface area contributed by atoms with Crippen LogP contribution in [0.2, 0.25) is 0 Å². The van der Waals surface area contributed by atoms with Gasteiger partial charge in [0, 0.05) is 19.0 Å². The molecule has 22 heavy (non-hydrogen) atoms. The third kappa shape index (κ3) is 3.14. The van der Waals surface area contributed by atoms with Gasteiger partial charge in [0.25, 0.3) is 0 Å². The topological polar surface area (TPSA) is 52.9 Å². The van der Waals surface area contributed by atoms with Crippen molar-refractivity contribution < 1.29 is 19.3 Å². The molecular weight excluding hydrogens is 285 g/mol. The highest BCUT2D eigenvalue weighted by atomic mass is 19.1. The lowest BCUT2D eigenvalue weighted by Gasteiger charge is -2.36. The first-order chi connectivity index (χ1) is 10.7. The van der Waals surface area contributed by atoms with Gasteiger partial charge in [-0.3, -0.25) is 0 Å². The molecule has 0 amide bonds. The van der Waals surface area contributed by atoms with Gasteiger partial charge in [0.1, 0.15) is 23.4 Å². The number of phenols is 1. The van der Waals surface area contributed by atoms with E-state index in [4.69, 9.17) is 4.74 Å². The molecule has 1 aliphatic heterocycles. The number of halogens is 1. The van der Waals surface area contributed by atoms with Crippen molar-refractivity contribution in [1.29, 1.82) is 0 Å². The molecule has 0 aromatic heterocycles.